The van der Waals surface area contributed by atoms with E-state index in [-0.39, 0.29) is 16.3 Å². The van der Waals surface area contributed by atoms with Crippen LogP contribution in [0.1, 0.15) is 24.0 Å². The first-order valence-corrected chi connectivity index (χ1v) is 11.2. The van der Waals surface area contributed by atoms with E-state index in [0.29, 0.717) is 41.1 Å². The Morgan fingerprint density at radius 2 is 1.89 bits per heavy atom. The zero-order valence-corrected chi connectivity index (χ0v) is 19.6. The van der Waals surface area contributed by atoms with Crippen molar-refractivity contribution in [1.29, 1.82) is 0 Å². The highest BCUT2D eigenvalue weighted by atomic mass is 35.5. The molecule has 4 aromatic rings. The third kappa shape index (κ3) is 4.12. The second kappa shape index (κ2) is 8.74. The van der Waals surface area contributed by atoms with Gasteiger partial charge in [-0.25, -0.2) is 13.9 Å². The fourth-order valence-corrected chi connectivity index (χ4v) is 4.45. The molecule has 0 radical (unpaired) electrons. The fraction of sp³-hybridized carbons (Fsp3) is 0.200. The van der Waals surface area contributed by atoms with Crippen molar-refractivity contribution in [3.05, 3.63) is 76.3 Å². The second-order valence-corrected chi connectivity index (χ2v) is 8.91. The minimum absolute atomic E-state index is 0.0592. The first-order chi connectivity index (χ1) is 16.8. The Kier molecular flexibility index (Phi) is 5.72. The van der Waals surface area contributed by atoms with E-state index >= 15 is 4.39 Å². The summed E-state index contributed by atoms with van der Waals surface area (Å²) in [6, 6.07) is 12.5. The van der Waals surface area contributed by atoms with Crippen molar-refractivity contribution >= 4 is 23.2 Å². The minimum Gasteiger partial charge on any atom is -0.496 e. The summed E-state index contributed by atoms with van der Waals surface area (Å²) in [6.07, 6.45) is 0.891. The van der Waals surface area contributed by atoms with Gasteiger partial charge in [0, 0.05) is 16.1 Å². The number of aromatic nitrogens is 4. The molecule has 0 unspecified atom stereocenters. The maximum Gasteiger partial charge on any atom is 0.235 e. The Hall–Kier alpha value is -3.85. The van der Waals surface area contributed by atoms with Crippen molar-refractivity contribution in [2.24, 2.45) is 0 Å². The third-order valence-corrected chi connectivity index (χ3v) is 6.53. The highest BCUT2D eigenvalue weighted by Crippen LogP contribution is 2.50. The van der Waals surface area contributed by atoms with Crippen LogP contribution in [0.3, 0.4) is 0 Å². The number of aryl methyl sites for hydroxylation is 1. The standard InChI is InChI=1S/C25H20ClF2N5O2/c1-13-9-14(3-6-22(13)35-2)16-11-20(28)21(12-17(16)23-30-32-33-31-23)29-24(34)25(7-8-25)18-5-4-15(26)10-19(18)27/h3-6,9-12H,7-8H2,1-2H3,(H,29,34)(H,30,31,32,33). The summed E-state index contributed by atoms with van der Waals surface area (Å²) < 4.78 is 35.2. The molecule has 3 aromatic carbocycles. The van der Waals surface area contributed by atoms with Crippen LogP contribution >= 0.6 is 11.6 Å². The molecule has 0 aliphatic heterocycles. The molecular formula is C25H20ClF2N5O2. The van der Waals surface area contributed by atoms with Gasteiger partial charge in [0.25, 0.3) is 0 Å². The molecule has 0 spiro atoms. The molecule has 35 heavy (non-hydrogen) atoms. The maximum absolute atomic E-state index is 15.3. The number of hydrogen-bond acceptors (Lipinski definition) is 5. The zero-order valence-electron chi connectivity index (χ0n) is 18.8. The monoisotopic (exact) mass is 495 g/mol. The van der Waals surface area contributed by atoms with Gasteiger partial charge in [-0.05, 0) is 83.3 Å². The van der Waals surface area contributed by atoms with E-state index < -0.39 is 23.0 Å². The second-order valence-electron chi connectivity index (χ2n) is 8.47. The average molecular weight is 496 g/mol. The predicted octanol–water partition coefficient (Wildman–Crippen LogP) is 5.45. The number of hydrogen-bond donors (Lipinski definition) is 2. The van der Waals surface area contributed by atoms with Crippen LogP contribution in [-0.4, -0.2) is 33.6 Å². The number of amides is 1. The van der Waals surface area contributed by atoms with Gasteiger partial charge in [0.05, 0.1) is 18.2 Å². The van der Waals surface area contributed by atoms with Gasteiger partial charge >= 0.3 is 0 Å². The molecule has 1 aliphatic carbocycles. The van der Waals surface area contributed by atoms with Gasteiger partial charge in [-0.2, -0.15) is 0 Å². The number of nitrogens with zero attached hydrogens (tertiary/aromatic N) is 3. The highest BCUT2D eigenvalue weighted by Gasteiger charge is 2.53. The number of benzene rings is 3. The maximum atomic E-state index is 15.3. The van der Waals surface area contributed by atoms with Crippen molar-refractivity contribution in [3.63, 3.8) is 0 Å². The molecule has 7 nitrogen and oxygen atoms in total. The van der Waals surface area contributed by atoms with E-state index in [4.69, 9.17) is 16.3 Å². The minimum atomic E-state index is -1.07. The van der Waals surface area contributed by atoms with Crippen LogP contribution in [0.25, 0.3) is 22.5 Å². The lowest BCUT2D eigenvalue weighted by molar-refractivity contribution is -0.118. The first-order valence-electron chi connectivity index (χ1n) is 10.8. The zero-order chi connectivity index (χ0) is 24.7. The number of nitrogens with one attached hydrogen (secondary N) is 2. The molecule has 1 saturated carbocycles. The Labute approximate surface area is 204 Å². The molecular weight excluding hydrogens is 476 g/mol. The van der Waals surface area contributed by atoms with Crippen molar-refractivity contribution in [2.45, 2.75) is 25.2 Å². The van der Waals surface area contributed by atoms with E-state index in [1.54, 1.807) is 19.2 Å². The normalized spacial score (nSPS) is 14.0. The molecule has 1 fully saturated rings. The number of methoxy groups -OCH3 is 1. The van der Waals surface area contributed by atoms with Gasteiger partial charge in [0.1, 0.15) is 17.4 Å². The smallest absolute Gasteiger partial charge is 0.235 e. The Morgan fingerprint density at radius 3 is 2.51 bits per heavy atom. The van der Waals surface area contributed by atoms with Crippen molar-refractivity contribution in [2.75, 3.05) is 12.4 Å². The highest BCUT2D eigenvalue weighted by molar-refractivity contribution is 6.30. The summed E-state index contributed by atoms with van der Waals surface area (Å²) in [4.78, 5) is 13.2. The number of halogens is 3. The quantitative estimate of drug-likeness (QED) is 0.371. The molecule has 1 amide bonds. The van der Waals surface area contributed by atoms with Crippen molar-refractivity contribution in [1.82, 2.24) is 20.6 Å². The van der Waals surface area contributed by atoms with E-state index in [1.165, 1.54) is 30.3 Å². The molecule has 1 aromatic heterocycles. The SMILES string of the molecule is COc1ccc(-c2cc(F)c(NC(=O)C3(c4ccc(Cl)cc4F)CC3)cc2-c2nnn[nH]2)cc1C. The third-order valence-electron chi connectivity index (χ3n) is 6.29. The summed E-state index contributed by atoms with van der Waals surface area (Å²) in [6.45, 7) is 1.88. The van der Waals surface area contributed by atoms with Gasteiger partial charge in [-0.1, -0.05) is 23.7 Å². The van der Waals surface area contributed by atoms with E-state index in [0.717, 1.165) is 5.56 Å². The van der Waals surface area contributed by atoms with Gasteiger partial charge in [-0.15, -0.1) is 5.10 Å². The summed E-state index contributed by atoms with van der Waals surface area (Å²) in [5.41, 5.74) is 1.70. The molecule has 178 valence electrons. The summed E-state index contributed by atoms with van der Waals surface area (Å²) in [5.74, 6) is -0.707. The lowest BCUT2D eigenvalue weighted by Gasteiger charge is -2.18. The topological polar surface area (TPSA) is 92.8 Å². The van der Waals surface area contributed by atoms with Gasteiger partial charge in [0.15, 0.2) is 5.82 Å². The molecule has 10 heteroatoms. The number of ether oxygens (including phenoxy) is 1. The van der Waals surface area contributed by atoms with Crippen LogP contribution in [-0.2, 0) is 10.2 Å². The van der Waals surface area contributed by atoms with Gasteiger partial charge in [0.2, 0.25) is 5.91 Å². The Bertz CT molecular complexity index is 1440. The van der Waals surface area contributed by atoms with E-state index in [1.807, 2.05) is 13.0 Å². The summed E-state index contributed by atoms with van der Waals surface area (Å²) in [5, 5.41) is 16.8. The van der Waals surface area contributed by atoms with Crippen LogP contribution < -0.4 is 10.1 Å². The molecule has 0 saturated heterocycles. The number of H-pyrrole nitrogens is 1. The molecule has 1 heterocycles. The molecule has 0 atom stereocenters. The number of aromatic amines is 1. The number of carbonyl (C=O) groups excluding carboxylic acids is 1. The number of carbonyl (C=O) groups is 1. The van der Waals surface area contributed by atoms with E-state index in [2.05, 4.69) is 25.9 Å². The first kappa shape index (κ1) is 22.9. The number of anilines is 1. The largest absolute Gasteiger partial charge is 0.496 e. The van der Waals surface area contributed by atoms with Crippen molar-refractivity contribution in [3.8, 4) is 28.3 Å². The van der Waals surface area contributed by atoms with Gasteiger partial charge < -0.3 is 10.1 Å². The Morgan fingerprint density at radius 1 is 1.09 bits per heavy atom. The molecule has 2 N–H and O–H groups in total. The Balaban J connectivity index is 1.54. The van der Waals surface area contributed by atoms with Crippen molar-refractivity contribution < 1.29 is 18.3 Å². The summed E-state index contributed by atoms with van der Waals surface area (Å²) >= 11 is 5.86. The predicted molar refractivity (Wildman–Crippen MR) is 127 cm³/mol. The molecule has 5 rings (SSSR count). The molecule has 1 aliphatic rings. The fourth-order valence-electron chi connectivity index (χ4n) is 4.29. The van der Waals surface area contributed by atoms with E-state index in [9.17, 15) is 9.18 Å². The number of rotatable bonds is 6. The lowest BCUT2D eigenvalue weighted by atomic mass is 9.93. The van der Waals surface area contributed by atoms with Crippen LogP contribution in [0.5, 0.6) is 5.75 Å². The lowest BCUT2D eigenvalue weighted by Crippen LogP contribution is -2.29. The summed E-state index contributed by atoms with van der Waals surface area (Å²) in [7, 11) is 1.58. The number of tetrazole rings is 1. The van der Waals surface area contributed by atoms with Crippen LogP contribution in [0.4, 0.5) is 14.5 Å². The van der Waals surface area contributed by atoms with Crippen LogP contribution in [0, 0.1) is 18.6 Å². The molecule has 0 bridgehead atoms. The van der Waals surface area contributed by atoms with Crippen LogP contribution in [0.2, 0.25) is 5.02 Å². The average Bonchev–Trinajstić information content (AvgIpc) is 3.45. The van der Waals surface area contributed by atoms with Gasteiger partial charge in [-0.3, -0.25) is 4.79 Å². The van der Waals surface area contributed by atoms with Crippen LogP contribution in [0.15, 0.2) is 48.5 Å².